The van der Waals surface area contributed by atoms with E-state index in [1.807, 2.05) is 60.3 Å². The topological polar surface area (TPSA) is 86.2 Å². The van der Waals surface area contributed by atoms with Gasteiger partial charge in [0.25, 0.3) is 5.91 Å². The first-order valence-electron chi connectivity index (χ1n) is 10.9. The summed E-state index contributed by atoms with van der Waals surface area (Å²) in [6.07, 6.45) is 2.01. The van der Waals surface area contributed by atoms with Crippen LogP contribution in [-0.4, -0.2) is 56.5 Å². The summed E-state index contributed by atoms with van der Waals surface area (Å²) >= 11 is 1.86. The first-order valence-corrected chi connectivity index (χ1v) is 12.0. The molecule has 1 fully saturated rings. The normalized spacial score (nSPS) is 15.4. The van der Waals surface area contributed by atoms with Gasteiger partial charge in [-0.25, -0.2) is 4.79 Å². The summed E-state index contributed by atoms with van der Waals surface area (Å²) < 4.78 is 10.4. The van der Waals surface area contributed by atoms with Gasteiger partial charge in [0.1, 0.15) is 24.6 Å². The third kappa shape index (κ3) is 6.51. The maximum absolute atomic E-state index is 13.0. The molecule has 1 N–H and O–H groups in total. The van der Waals surface area contributed by atoms with Crippen LogP contribution in [0.3, 0.4) is 0 Å². The average Bonchev–Trinajstić information content (AvgIpc) is 2.87. The van der Waals surface area contributed by atoms with Crippen molar-refractivity contribution in [2.75, 3.05) is 32.8 Å². The molecule has 2 aromatic rings. The van der Waals surface area contributed by atoms with Crippen LogP contribution < -0.4 is 10.1 Å². The number of nitrogens with one attached hydrogen (secondary N) is 1. The summed E-state index contributed by atoms with van der Waals surface area (Å²) in [5.41, 5.74) is 3.21. The Labute approximate surface area is 198 Å². The van der Waals surface area contributed by atoms with Crippen molar-refractivity contribution >= 4 is 29.4 Å². The van der Waals surface area contributed by atoms with Gasteiger partial charge >= 0.3 is 5.97 Å². The molecule has 0 unspecified atom stereocenters. The molecule has 176 valence electrons. The highest BCUT2D eigenvalue weighted by molar-refractivity contribution is 7.99. The van der Waals surface area contributed by atoms with Crippen LogP contribution in [0, 0.1) is 5.92 Å². The third-order valence-electron chi connectivity index (χ3n) is 5.63. The molecule has 0 aliphatic carbocycles. The molecule has 1 heterocycles. The second kappa shape index (κ2) is 12.3. The standard InChI is InChI=1S/C25H30N2O5S/c1-30-22-7-5-4-6-20(22)18-10-8-17(9-11-18)16-21(25(29)31-2)26-24(28)23(27-32-3)19-12-14-33-15-13-19/h4-11,19,21H,12-16H2,1-3H3,(H,26,28)/t21-/m0/s1. The Morgan fingerprint density at radius 2 is 1.76 bits per heavy atom. The van der Waals surface area contributed by atoms with Crippen molar-refractivity contribution in [1.29, 1.82) is 0 Å². The highest BCUT2D eigenvalue weighted by atomic mass is 32.2. The number of esters is 1. The van der Waals surface area contributed by atoms with Gasteiger partial charge < -0.3 is 19.6 Å². The number of oxime groups is 1. The molecule has 8 heteroatoms. The van der Waals surface area contributed by atoms with Gasteiger partial charge in [-0.1, -0.05) is 47.6 Å². The number of para-hydroxylation sites is 1. The second-order valence-electron chi connectivity index (χ2n) is 7.70. The van der Waals surface area contributed by atoms with E-state index in [-0.39, 0.29) is 5.92 Å². The molecule has 1 aliphatic rings. The number of ether oxygens (including phenoxy) is 2. The second-order valence-corrected chi connectivity index (χ2v) is 8.92. The quantitative estimate of drug-likeness (QED) is 0.342. The Morgan fingerprint density at radius 3 is 2.39 bits per heavy atom. The monoisotopic (exact) mass is 470 g/mol. The molecule has 0 radical (unpaired) electrons. The molecule has 1 atom stereocenters. The third-order valence-corrected chi connectivity index (χ3v) is 6.68. The zero-order valence-electron chi connectivity index (χ0n) is 19.2. The number of hydrogen-bond donors (Lipinski definition) is 1. The zero-order chi connectivity index (χ0) is 23.6. The number of hydrogen-bond acceptors (Lipinski definition) is 7. The molecule has 3 rings (SSSR count). The SMILES string of the molecule is CON=C(C(=O)N[C@@H](Cc1ccc(-c2ccccc2OC)cc1)C(=O)OC)C1CCSCC1. The molecule has 0 spiro atoms. The van der Waals surface area contributed by atoms with E-state index in [2.05, 4.69) is 10.5 Å². The lowest BCUT2D eigenvalue weighted by Crippen LogP contribution is -2.47. The van der Waals surface area contributed by atoms with Crippen LogP contribution in [0.2, 0.25) is 0 Å². The number of carbonyl (C=O) groups is 2. The van der Waals surface area contributed by atoms with Gasteiger partial charge in [-0.15, -0.1) is 0 Å². The van der Waals surface area contributed by atoms with Crippen molar-refractivity contribution in [3.8, 4) is 16.9 Å². The van der Waals surface area contributed by atoms with Gasteiger partial charge in [0.15, 0.2) is 0 Å². The minimum Gasteiger partial charge on any atom is -0.496 e. The molecule has 2 aromatic carbocycles. The van der Waals surface area contributed by atoms with Crippen molar-refractivity contribution < 1.29 is 23.9 Å². The van der Waals surface area contributed by atoms with E-state index in [1.165, 1.54) is 14.2 Å². The first-order chi connectivity index (χ1) is 16.1. The number of amides is 1. The molecule has 1 aliphatic heterocycles. The summed E-state index contributed by atoms with van der Waals surface area (Å²) in [5.74, 6) is 1.85. The van der Waals surface area contributed by atoms with E-state index >= 15 is 0 Å². The summed E-state index contributed by atoms with van der Waals surface area (Å²) in [7, 11) is 4.38. The largest absolute Gasteiger partial charge is 0.496 e. The minimum absolute atomic E-state index is 0.0182. The van der Waals surface area contributed by atoms with Gasteiger partial charge in [0.05, 0.1) is 14.2 Å². The van der Waals surface area contributed by atoms with Gasteiger partial charge in [-0.2, -0.15) is 11.8 Å². The lowest BCUT2D eigenvalue weighted by molar-refractivity contribution is -0.144. The highest BCUT2D eigenvalue weighted by Crippen LogP contribution is 2.30. The Kier molecular flexibility index (Phi) is 9.18. The average molecular weight is 471 g/mol. The zero-order valence-corrected chi connectivity index (χ0v) is 20.0. The molecule has 1 amide bonds. The number of nitrogens with zero attached hydrogens (tertiary/aromatic N) is 1. The molecular weight excluding hydrogens is 440 g/mol. The molecule has 7 nitrogen and oxygen atoms in total. The lowest BCUT2D eigenvalue weighted by Gasteiger charge is -2.23. The number of rotatable bonds is 9. The summed E-state index contributed by atoms with van der Waals surface area (Å²) in [4.78, 5) is 30.4. The van der Waals surface area contributed by atoms with Crippen molar-refractivity contribution in [3.05, 3.63) is 54.1 Å². The Hall–Kier alpha value is -3.00. The maximum Gasteiger partial charge on any atom is 0.328 e. The van der Waals surface area contributed by atoms with E-state index in [9.17, 15) is 9.59 Å². The van der Waals surface area contributed by atoms with Crippen LogP contribution in [0.5, 0.6) is 5.75 Å². The van der Waals surface area contributed by atoms with E-state index in [0.29, 0.717) is 12.1 Å². The van der Waals surface area contributed by atoms with Crippen LogP contribution in [0.25, 0.3) is 11.1 Å². The Bertz CT molecular complexity index is 971. The van der Waals surface area contributed by atoms with E-state index in [4.69, 9.17) is 14.3 Å². The van der Waals surface area contributed by atoms with Crippen LogP contribution in [0.15, 0.2) is 53.7 Å². The van der Waals surface area contributed by atoms with Crippen molar-refractivity contribution in [3.63, 3.8) is 0 Å². The maximum atomic E-state index is 13.0. The number of carbonyl (C=O) groups excluding carboxylic acids is 2. The minimum atomic E-state index is -0.834. The van der Waals surface area contributed by atoms with Gasteiger partial charge in [0.2, 0.25) is 0 Å². The van der Waals surface area contributed by atoms with Gasteiger partial charge in [-0.3, -0.25) is 4.79 Å². The van der Waals surface area contributed by atoms with Crippen LogP contribution in [-0.2, 0) is 25.6 Å². The summed E-state index contributed by atoms with van der Waals surface area (Å²) in [6.45, 7) is 0. The van der Waals surface area contributed by atoms with Crippen molar-refractivity contribution in [2.24, 2.45) is 11.1 Å². The smallest absolute Gasteiger partial charge is 0.328 e. The van der Waals surface area contributed by atoms with Crippen molar-refractivity contribution in [1.82, 2.24) is 5.32 Å². The molecule has 0 saturated carbocycles. The fourth-order valence-corrected chi connectivity index (χ4v) is 4.98. The number of thioether (sulfide) groups is 1. The molecule has 33 heavy (non-hydrogen) atoms. The van der Waals surface area contributed by atoms with Crippen LogP contribution >= 0.6 is 11.8 Å². The summed E-state index contributed by atoms with van der Waals surface area (Å²) in [5, 5.41) is 6.80. The Morgan fingerprint density at radius 1 is 1.06 bits per heavy atom. The highest BCUT2D eigenvalue weighted by Gasteiger charge is 2.30. The predicted octanol–water partition coefficient (Wildman–Crippen LogP) is 3.71. The van der Waals surface area contributed by atoms with Gasteiger partial charge in [0, 0.05) is 17.9 Å². The fraction of sp³-hybridized carbons (Fsp3) is 0.400. The van der Waals surface area contributed by atoms with E-state index < -0.39 is 17.9 Å². The van der Waals surface area contributed by atoms with Crippen LogP contribution in [0.4, 0.5) is 0 Å². The lowest BCUT2D eigenvalue weighted by atomic mass is 9.95. The fourth-order valence-electron chi connectivity index (χ4n) is 3.88. The van der Waals surface area contributed by atoms with Gasteiger partial charge in [-0.05, 0) is 41.5 Å². The number of methoxy groups -OCH3 is 2. The van der Waals surface area contributed by atoms with Crippen LogP contribution in [0.1, 0.15) is 18.4 Å². The first kappa shape index (κ1) is 24.6. The van der Waals surface area contributed by atoms with E-state index in [1.54, 1.807) is 7.11 Å². The molecule has 0 bridgehead atoms. The molecule has 1 saturated heterocycles. The van der Waals surface area contributed by atoms with Crippen molar-refractivity contribution in [2.45, 2.75) is 25.3 Å². The predicted molar refractivity (Wildman–Crippen MR) is 131 cm³/mol. The molecular formula is C25H30N2O5S. The van der Waals surface area contributed by atoms with E-state index in [0.717, 1.165) is 46.8 Å². The number of benzene rings is 2. The Balaban J connectivity index is 1.74. The molecule has 0 aromatic heterocycles. The summed E-state index contributed by atoms with van der Waals surface area (Å²) in [6, 6.07) is 14.8.